The van der Waals surface area contributed by atoms with E-state index in [0.717, 1.165) is 5.56 Å². The summed E-state index contributed by atoms with van der Waals surface area (Å²) in [5.74, 6) is 0.233. The zero-order valence-corrected chi connectivity index (χ0v) is 14.5. The first-order chi connectivity index (χ1) is 11.8. The van der Waals surface area contributed by atoms with Gasteiger partial charge in [-0.05, 0) is 44.5 Å². The van der Waals surface area contributed by atoms with Crippen LogP contribution in [0, 0.1) is 0 Å². The highest BCUT2D eigenvalue weighted by Gasteiger charge is 2.17. The smallest absolute Gasteiger partial charge is 0.407 e. The Morgan fingerprint density at radius 2 is 2.16 bits per heavy atom. The molecule has 1 aliphatic heterocycles. The number of carbonyl (C=O) groups excluding carboxylic acids is 2. The summed E-state index contributed by atoms with van der Waals surface area (Å²) < 4.78 is 23.6. The second-order valence-electron chi connectivity index (χ2n) is 6.55. The Kier molecular flexibility index (Phi) is 5.90. The van der Waals surface area contributed by atoms with Crippen molar-refractivity contribution in [1.29, 1.82) is 0 Å². The molecule has 0 unspecified atom stereocenters. The van der Waals surface area contributed by atoms with Crippen LogP contribution in [-0.2, 0) is 11.2 Å². The summed E-state index contributed by atoms with van der Waals surface area (Å²) in [6, 6.07) is 5.01. The van der Waals surface area contributed by atoms with E-state index >= 15 is 0 Å². The molecule has 0 spiro atoms. The molecule has 0 atom stereocenters. The summed E-state index contributed by atoms with van der Waals surface area (Å²) in [6.45, 7) is 5.17. The Labute approximate surface area is 145 Å². The van der Waals surface area contributed by atoms with Crippen molar-refractivity contribution in [2.45, 2.75) is 32.8 Å². The number of ether oxygens (including phenoxy) is 2. The number of aliphatic imine (C=N–C) groups is 1. The SMILES string of the molecule is CC(C)(C)OC(=O)NC/C(=C\F)COc1ccc2c(c1)CC=NC2=O. The van der Waals surface area contributed by atoms with Crippen molar-refractivity contribution >= 4 is 18.2 Å². The van der Waals surface area contributed by atoms with E-state index in [1.165, 1.54) is 0 Å². The molecule has 0 bridgehead atoms. The van der Waals surface area contributed by atoms with Gasteiger partial charge in [-0.1, -0.05) is 0 Å². The van der Waals surface area contributed by atoms with Crippen LogP contribution >= 0.6 is 0 Å². The Hall–Kier alpha value is -2.70. The zero-order chi connectivity index (χ0) is 18.4. The molecule has 6 nitrogen and oxygen atoms in total. The quantitative estimate of drug-likeness (QED) is 0.886. The lowest BCUT2D eigenvalue weighted by molar-refractivity contribution is 0.0531. The number of alkyl carbamates (subject to hydrolysis) is 1. The summed E-state index contributed by atoms with van der Waals surface area (Å²) in [4.78, 5) is 26.9. The molecule has 0 aliphatic carbocycles. The van der Waals surface area contributed by atoms with Gasteiger partial charge in [-0.2, -0.15) is 0 Å². The van der Waals surface area contributed by atoms with Crippen LogP contribution < -0.4 is 10.1 Å². The van der Waals surface area contributed by atoms with Crippen molar-refractivity contribution < 1.29 is 23.5 Å². The van der Waals surface area contributed by atoms with E-state index in [-0.39, 0.29) is 24.6 Å². The molecule has 1 N–H and O–H groups in total. The molecule has 25 heavy (non-hydrogen) atoms. The van der Waals surface area contributed by atoms with Gasteiger partial charge in [0.05, 0.1) is 6.33 Å². The predicted molar refractivity (Wildman–Crippen MR) is 91.9 cm³/mol. The summed E-state index contributed by atoms with van der Waals surface area (Å²) in [7, 11) is 0. The van der Waals surface area contributed by atoms with E-state index in [2.05, 4.69) is 10.3 Å². The topological polar surface area (TPSA) is 77.0 Å². The third-order valence-electron chi connectivity index (χ3n) is 3.26. The summed E-state index contributed by atoms with van der Waals surface area (Å²) in [6.07, 6.45) is 1.86. The third kappa shape index (κ3) is 5.70. The fourth-order valence-electron chi connectivity index (χ4n) is 2.13. The van der Waals surface area contributed by atoms with Gasteiger partial charge in [-0.15, -0.1) is 0 Å². The van der Waals surface area contributed by atoms with Crippen molar-refractivity contribution in [3.05, 3.63) is 41.2 Å². The van der Waals surface area contributed by atoms with E-state index in [4.69, 9.17) is 9.47 Å². The Bertz CT molecular complexity index is 720. The zero-order valence-electron chi connectivity index (χ0n) is 14.5. The molecular formula is C18H21FN2O4. The van der Waals surface area contributed by atoms with Crippen molar-refractivity contribution in [3.63, 3.8) is 0 Å². The normalized spacial score (nSPS) is 14.1. The van der Waals surface area contributed by atoms with Crippen LogP contribution in [0.2, 0.25) is 0 Å². The maximum Gasteiger partial charge on any atom is 0.407 e. The number of amides is 2. The molecule has 1 heterocycles. The number of fused-ring (bicyclic) bond motifs is 1. The lowest BCUT2D eigenvalue weighted by atomic mass is 10.0. The molecule has 7 heteroatoms. The van der Waals surface area contributed by atoms with Crippen molar-refractivity contribution in [3.8, 4) is 5.75 Å². The van der Waals surface area contributed by atoms with Crippen molar-refractivity contribution in [1.82, 2.24) is 5.32 Å². The number of nitrogens with zero attached hydrogens (tertiary/aromatic N) is 1. The molecule has 0 aromatic heterocycles. The van der Waals surface area contributed by atoms with Gasteiger partial charge in [-0.25, -0.2) is 14.2 Å². The molecule has 134 valence electrons. The fraction of sp³-hybridized carbons (Fsp3) is 0.389. The van der Waals surface area contributed by atoms with Gasteiger partial charge < -0.3 is 14.8 Å². The number of hydrogen-bond donors (Lipinski definition) is 1. The van der Waals surface area contributed by atoms with Crippen LogP contribution in [0.15, 0.2) is 35.1 Å². The maximum atomic E-state index is 13.0. The van der Waals surface area contributed by atoms with Crippen molar-refractivity contribution in [2.24, 2.45) is 4.99 Å². The van der Waals surface area contributed by atoms with Crippen LogP contribution in [0.5, 0.6) is 5.75 Å². The van der Waals surface area contributed by atoms with Gasteiger partial charge in [0.25, 0.3) is 5.91 Å². The molecule has 0 radical (unpaired) electrons. The molecule has 0 saturated carbocycles. The second kappa shape index (κ2) is 7.92. The van der Waals surface area contributed by atoms with E-state index in [1.54, 1.807) is 45.2 Å². The predicted octanol–water partition coefficient (Wildman–Crippen LogP) is 3.21. The average molecular weight is 348 g/mol. The minimum absolute atomic E-state index is 0.0263. The summed E-state index contributed by atoms with van der Waals surface area (Å²) >= 11 is 0. The van der Waals surface area contributed by atoms with Gasteiger partial charge in [0.2, 0.25) is 0 Å². The summed E-state index contributed by atoms with van der Waals surface area (Å²) in [5.41, 5.74) is 0.989. The number of nitrogens with one attached hydrogen (secondary N) is 1. The largest absolute Gasteiger partial charge is 0.489 e. The van der Waals surface area contributed by atoms with Crippen LogP contribution in [0.3, 0.4) is 0 Å². The fourth-order valence-corrected chi connectivity index (χ4v) is 2.13. The standard InChI is InChI=1S/C18H21FN2O4/c1-18(2,3)25-17(23)21-10-12(9-19)11-24-14-4-5-15-13(8-14)6-7-20-16(15)22/h4-5,7-9H,6,10-11H2,1-3H3,(H,21,23)/b12-9+. The first kappa shape index (κ1) is 18.6. The van der Waals surface area contributed by atoms with E-state index in [9.17, 15) is 14.0 Å². The van der Waals surface area contributed by atoms with Crippen LogP contribution in [0.4, 0.5) is 9.18 Å². The Balaban J connectivity index is 1.87. The minimum atomic E-state index is -0.626. The first-order valence-corrected chi connectivity index (χ1v) is 7.86. The molecule has 1 aromatic carbocycles. The lowest BCUT2D eigenvalue weighted by Gasteiger charge is -2.20. The molecule has 1 aliphatic rings. The Morgan fingerprint density at radius 1 is 1.40 bits per heavy atom. The van der Waals surface area contributed by atoms with E-state index in [1.807, 2.05) is 0 Å². The highest BCUT2D eigenvalue weighted by atomic mass is 19.1. The number of halogens is 1. The lowest BCUT2D eigenvalue weighted by Crippen LogP contribution is -2.34. The van der Waals surface area contributed by atoms with Crippen LogP contribution in [-0.4, -0.2) is 37.0 Å². The second-order valence-corrected chi connectivity index (χ2v) is 6.55. The van der Waals surface area contributed by atoms with Crippen LogP contribution in [0.1, 0.15) is 36.7 Å². The number of hydrogen-bond acceptors (Lipinski definition) is 4. The van der Waals surface area contributed by atoms with Gasteiger partial charge in [0.15, 0.2) is 0 Å². The van der Waals surface area contributed by atoms with Crippen molar-refractivity contribution in [2.75, 3.05) is 13.2 Å². The van der Waals surface area contributed by atoms with Gasteiger partial charge in [0.1, 0.15) is 18.0 Å². The number of carbonyl (C=O) groups is 2. The van der Waals surface area contributed by atoms with Gasteiger partial charge in [-0.3, -0.25) is 4.79 Å². The molecular weight excluding hydrogens is 327 g/mol. The molecule has 1 aromatic rings. The Morgan fingerprint density at radius 3 is 2.84 bits per heavy atom. The third-order valence-corrected chi connectivity index (χ3v) is 3.26. The molecule has 2 amide bonds. The van der Waals surface area contributed by atoms with Gasteiger partial charge >= 0.3 is 6.09 Å². The average Bonchev–Trinajstić information content (AvgIpc) is 2.53. The van der Waals surface area contributed by atoms with E-state index in [0.29, 0.717) is 24.1 Å². The highest BCUT2D eigenvalue weighted by Crippen LogP contribution is 2.21. The van der Waals surface area contributed by atoms with Gasteiger partial charge in [0, 0.05) is 30.3 Å². The molecule has 0 fully saturated rings. The molecule has 0 saturated heterocycles. The number of benzene rings is 1. The number of rotatable bonds is 5. The summed E-state index contributed by atoms with van der Waals surface area (Å²) in [5, 5.41) is 2.47. The monoisotopic (exact) mass is 348 g/mol. The van der Waals surface area contributed by atoms with Crippen LogP contribution in [0.25, 0.3) is 0 Å². The highest BCUT2D eigenvalue weighted by molar-refractivity contribution is 6.03. The minimum Gasteiger partial charge on any atom is -0.489 e. The van der Waals surface area contributed by atoms with E-state index < -0.39 is 11.7 Å². The molecule has 2 rings (SSSR count). The first-order valence-electron chi connectivity index (χ1n) is 7.86. The maximum absolute atomic E-state index is 13.0.